The molecule has 0 aliphatic heterocycles. The first kappa shape index (κ1) is 17.6. The molecule has 6 heteroatoms. The standard InChI is InChI=1S/C20H22ClN3OS/c21-15-8-7-14-9-11-24(17(14)12-15)13-19(25)22-10-3-6-20-23-16-4-1-2-5-18(16)26-20/h7-9,11-12H,1-6,10,13H2,(H,22,25). The third-order valence-corrected chi connectivity index (χ3v) is 6.28. The van der Waals surface area contributed by atoms with Crippen LogP contribution in [-0.2, 0) is 30.6 Å². The molecule has 0 saturated carbocycles. The van der Waals surface area contributed by atoms with Crippen LogP contribution in [0, 0.1) is 0 Å². The second-order valence-corrected chi connectivity index (χ2v) is 8.39. The highest BCUT2D eigenvalue weighted by atomic mass is 35.5. The van der Waals surface area contributed by atoms with Crippen molar-refractivity contribution in [3.05, 3.63) is 51.1 Å². The summed E-state index contributed by atoms with van der Waals surface area (Å²) in [4.78, 5) is 18.5. The van der Waals surface area contributed by atoms with Gasteiger partial charge >= 0.3 is 0 Å². The molecule has 2 heterocycles. The molecule has 1 aliphatic rings. The van der Waals surface area contributed by atoms with Crippen molar-refractivity contribution in [3.8, 4) is 0 Å². The Bertz CT molecular complexity index is 907. The first-order valence-corrected chi connectivity index (χ1v) is 10.4. The molecular weight excluding hydrogens is 366 g/mol. The molecule has 4 nitrogen and oxygen atoms in total. The lowest BCUT2D eigenvalue weighted by Gasteiger charge is -2.07. The third kappa shape index (κ3) is 3.94. The van der Waals surface area contributed by atoms with Gasteiger partial charge in [-0.2, -0.15) is 0 Å². The highest BCUT2D eigenvalue weighted by Gasteiger charge is 2.14. The molecule has 1 aromatic carbocycles. The van der Waals surface area contributed by atoms with E-state index in [-0.39, 0.29) is 5.91 Å². The quantitative estimate of drug-likeness (QED) is 0.638. The van der Waals surface area contributed by atoms with E-state index in [9.17, 15) is 4.79 Å². The number of halogens is 1. The van der Waals surface area contributed by atoms with E-state index in [1.807, 2.05) is 46.4 Å². The molecule has 0 atom stereocenters. The summed E-state index contributed by atoms with van der Waals surface area (Å²) in [5, 5.41) is 6.01. The van der Waals surface area contributed by atoms with Gasteiger partial charge in [0.2, 0.25) is 5.91 Å². The Hall–Kier alpha value is -1.85. The van der Waals surface area contributed by atoms with Crippen LogP contribution in [0.4, 0.5) is 0 Å². The number of carbonyl (C=O) groups is 1. The van der Waals surface area contributed by atoms with Crippen molar-refractivity contribution in [1.29, 1.82) is 0 Å². The lowest BCUT2D eigenvalue weighted by molar-refractivity contribution is -0.121. The minimum atomic E-state index is 0.0286. The Morgan fingerprint density at radius 3 is 3.04 bits per heavy atom. The number of nitrogens with one attached hydrogen (secondary N) is 1. The number of fused-ring (bicyclic) bond motifs is 2. The smallest absolute Gasteiger partial charge is 0.239 e. The number of aromatic nitrogens is 2. The molecule has 26 heavy (non-hydrogen) atoms. The van der Waals surface area contributed by atoms with E-state index < -0.39 is 0 Å². The van der Waals surface area contributed by atoms with Gasteiger partial charge in [0, 0.05) is 34.6 Å². The van der Waals surface area contributed by atoms with Crippen molar-refractivity contribution in [2.75, 3.05) is 6.54 Å². The zero-order valence-corrected chi connectivity index (χ0v) is 16.2. The molecule has 2 aromatic heterocycles. The first-order chi connectivity index (χ1) is 12.7. The zero-order chi connectivity index (χ0) is 17.9. The van der Waals surface area contributed by atoms with E-state index in [2.05, 4.69) is 5.32 Å². The fraction of sp³-hybridized carbons (Fsp3) is 0.400. The van der Waals surface area contributed by atoms with Crippen LogP contribution in [-0.4, -0.2) is 22.0 Å². The van der Waals surface area contributed by atoms with Gasteiger partial charge in [0.1, 0.15) is 6.54 Å². The number of hydrogen-bond acceptors (Lipinski definition) is 3. The Kier molecular flexibility index (Phi) is 5.27. The molecule has 1 amide bonds. The van der Waals surface area contributed by atoms with Gasteiger partial charge in [-0.3, -0.25) is 4.79 Å². The number of benzene rings is 1. The molecule has 0 unspecified atom stereocenters. The Balaban J connectivity index is 1.26. The lowest BCUT2D eigenvalue weighted by Crippen LogP contribution is -2.28. The summed E-state index contributed by atoms with van der Waals surface area (Å²) in [6.07, 6.45) is 8.70. The number of carbonyl (C=O) groups excluding carboxylic acids is 1. The van der Waals surface area contributed by atoms with Crippen molar-refractivity contribution in [2.24, 2.45) is 0 Å². The molecule has 136 valence electrons. The van der Waals surface area contributed by atoms with Crippen LogP contribution in [0.5, 0.6) is 0 Å². The van der Waals surface area contributed by atoms with Crippen molar-refractivity contribution >= 4 is 39.7 Å². The lowest BCUT2D eigenvalue weighted by atomic mass is 10.0. The summed E-state index contributed by atoms with van der Waals surface area (Å²) in [5.74, 6) is 0.0286. The molecule has 0 bridgehead atoms. The van der Waals surface area contributed by atoms with E-state index in [1.54, 1.807) is 0 Å². The fourth-order valence-electron chi connectivity index (χ4n) is 3.49. The molecule has 0 radical (unpaired) electrons. The predicted molar refractivity (Wildman–Crippen MR) is 107 cm³/mol. The Morgan fingerprint density at radius 2 is 2.15 bits per heavy atom. The van der Waals surface area contributed by atoms with Gasteiger partial charge in [-0.25, -0.2) is 4.98 Å². The SMILES string of the molecule is O=C(Cn1ccc2ccc(Cl)cc21)NCCCc1nc2c(s1)CCCC2. The molecule has 1 N–H and O–H groups in total. The van der Waals surface area contributed by atoms with E-state index in [0.717, 1.165) is 30.2 Å². The average molecular weight is 388 g/mol. The van der Waals surface area contributed by atoms with Crippen LogP contribution in [0.1, 0.15) is 34.8 Å². The highest BCUT2D eigenvalue weighted by Crippen LogP contribution is 2.27. The van der Waals surface area contributed by atoms with E-state index in [0.29, 0.717) is 18.1 Å². The summed E-state index contributed by atoms with van der Waals surface area (Å²) in [6, 6.07) is 7.74. The van der Waals surface area contributed by atoms with Crippen LogP contribution < -0.4 is 5.32 Å². The van der Waals surface area contributed by atoms with E-state index in [1.165, 1.54) is 34.8 Å². The van der Waals surface area contributed by atoms with Gasteiger partial charge in [0.05, 0.1) is 10.7 Å². The minimum Gasteiger partial charge on any atom is -0.355 e. The first-order valence-electron chi connectivity index (χ1n) is 9.17. The fourth-order valence-corrected chi connectivity index (χ4v) is 4.85. The van der Waals surface area contributed by atoms with Crippen LogP contribution >= 0.6 is 22.9 Å². The molecule has 3 aromatic rings. The van der Waals surface area contributed by atoms with Gasteiger partial charge in [0.15, 0.2) is 0 Å². The van der Waals surface area contributed by atoms with Crippen molar-refractivity contribution in [1.82, 2.24) is 14.9 Å². The third-order valence-electron chi connectivity index (χ3n) is 4.83. The molecule has 0 fully saturated rings. The Morgan fingerprint density at radius 1 is 1.27 bits per heavy atom. The van der Waals surface area contributed by atoms with Crippen molar-refractivity contribution in [2.45, 2.75) is 45.1 Å². The molecule has 0 saturated heterocycles. The van der Waals surface area contributed by atoms with Gasteiger partial charge in [-0.1, -0.05) is 17.7 Å². The largest absolute Gasteiger partial charge is 0.355 e. The minimum absolute atomic E-state index is 0.0286. The average Bonchev–Trinajstić information content (AvgIpc) is 3.22. The van der Waals surface area contributed by atoms with Crippen molar-refractivity contribution < 1.29 is 4.79 Å². The Labute approximate surface area is 162 Å². The van der Waals surface area contributed by atoms with E-state index in [4.69, 9.17) is 16.6 Å². The van der Waals surface area contributed by atoms with Crippen LogP contribution in [0.2, 0.25) is 5.02 Å². The van der Waals surface area contributed by atoms with Gasteiger partial charge in [0.25, 0.3) is 0 Å². The summed E-state index contributed by atoms with van der Waals surface area (Å²) in [6.45, 7) is 0.998. The van der Waals surface area contributed by atoms with Gasteiger partial charge < -0.3 is 9.88 Å². The highest BCUT2D eigenvalue weighted by molar-refractivity contribution is 7.11. The van der Waals surface area contributed by atoms with Gasteiger partial charge in [-0.15, -0.1) is 11.3 Å². The normalized spacial score (nSPS) is 13.7. The second-order valence-electron chi connectivity index (χ2n) is 6.78. The summed E-state index contributed by atoms with van der Waals surface area (Å²) < 4.78 is 1.94. The van der Waals surface area contributed by atoms with Crippen molar-refractivity contribution in [3.63, 3.8) is 0 Å². The maximum Gasteiger partial charge on any atom is 0.239 e. The zero-order valence-electron chi connectivity index (χ0n) is 14.6. The van der Waals surface area contributed by atoms with E-state index >= 15 is 0 Å². The van der Waals surface area contributed by atoms with Gasteiger partial charge in [-0.05, 0) is 55.7 Å². The number of amides is 1. The van der Waals surface area contributed by atoms with Crippen LogP contribution in [0.15, 0.2) is 30.5 Å². The molecule has 1 aliphatic carbocycles. The second kappa shape index (κ2) is 7.80. The summed E-state index contributed by atoms with van der Waals surface area (Å²) in [7, 11) is 0. The van der Waals surface area contributed by atoms with Crippen LogP contribution in [0.25, 0.3) is 10.9 Å². The maximum absolute atomic E-state index is 12.2. The molecule has 4 rings (SSSR count). The summed E-state index contributed by atoms with van der Waals surface area (Å²) >= 11 is 7.92. The molecule has 0 spiro atoms. The number of nitrogens with zero attached hydrogens (tertiary/aromatic N) is 2. The number of rotatable bonds is 6. The monoisotopic (exact) mass is 387 g/mol. The number of hydrogen-bond donors (Lipinski definition) is 1. The number of thiazole rings is 1. The number of aryl methyl sites for hydroxylation is 3. The summed E-state index contributed by atoms with van der Waals surface area (Å²) in [5.41, 5.74) is 2.31. The molecular formula is C20H22ClN3OS. The van der Waals surface area contributed by atoms with Crippen LogP contribution in [0.3, 0.4) is 0 Å². The predicted octanol–water partition coefficient (Wildman–Crippen LogP) is 4.38. The topological polar surface area (TPSA) is 46.9 Å². The maximum atomic E-state index is 12.2.